The summed E-state index contributed by atoms with van der Waals surface area (Å²) in [6.07, 6.45) is 1.17. The highest BCUT2D eigenvalue weighted by atomic mass is 32.2. The second-order valence-corrected chi connectivity index (χ2v) is 6.68. The minimum Gasteiger partial charge on any atom is -0.481 e. The molecule has 0 aliphatic rings. The fourth-order valence-electron chi connectivity index (χ4n) is 2.22. The fraction of sp³-hybridized carbons (Fsp3) is 0.833. The van der Waals surface area contributed by atoms with Crippen LogP contribution in [0.5, 0.6) is 0 Å². The lowest BCUT2D eigenvalue weighted by atomic mass is 9.82. The third-order valence-electron chi connectivity index (χ3n) is 3.47. The first-order chi connectivity index (χ1) is 9.11. The Morgan fingerprint density at radius 2 is 1.70 bits per heavy atom. The molecule has 0 aromatic heterocycles. The monoisotopic (exact) mass is 310 g/mol. The van der Waals surface area contributed by atoms with Gasteiger partial charge in [0.15, 0.2) is 0 Å². The van der Waals surface area contributed by atoms with E-state index < -0.39 is 39.1 Å². The third-order valence-corrected chi connectivity index (χ3v) is 4.76. The lowest BCUT2D eigenvalue weighted by Crippen LogP contribution is -2.36. The van der Waals surface area contributed by atoms with Gasteiger partial charge in [-0.25, -0.2) is 0 Å². The molecule has 3 unspecified atom stereocenters. The molecule has 0 aromatic carbocycles. The summed E-state index contributed by atoms with van der Waals surface area (Å²) in [4.78, 5) is 21.8. The van der Waals surface area contributed by atoms with Gasteiger partial charge in [-0.2, -0.15) is 8.42 Å². The second kappa shape index (κ2) is 8.21. The standard InChI is InChI=1S/C12H22O7S/c1-3-4-5-9(8(2)20(17,18)19)10(12(15)16)6-7-11(13)14/h8-10H,3-7H2,1-2H3,(H,13,14)(H,15,16)(H,17,18,19). The molecule has 0 fully saturated rings. The molecule has 0 heterocycles. The molecule has 3 N–H and O–H groups in total. The molecule has 20 heavy (non-hydrogen) atoms. The summed E-state index contributed by atoms with van der Waals surface area (Å²) in [5, 5.41) is 16.6. The van der Waals surface area contributed by atoms with Gasteiger partial charge < -0.3 is 10.2 Å². The van der Waals surface area contributed by atoms with Crippen molar-refractivity contribution in [1.29, 1.82) is 0 Å². The number of unbranched alkanes of at least 4 members (excludes halogenated alkanes) is 1. The first kappa shape index (κ1) is 18.9. The van der Waals surface area contributed by atoms with Crippen LogP contribution in [0.25, 0.3) is 0 Å². The second-order valence-electron chi connectivity index (χ2n) is 4.90. The number of hydrogen-bond acceptors (Lipinski definition) is 4. The van der Waals surface area contributed by atoms with Crippen LogP contribution < -0.4 is 0 Å². The van der Waals surface area contributed by atoms with E-state index in [1.165, 1.54) is 6.92 Å². The maximum atomic E-state index is 11.3. The summed E-state index contributed by atoms with van der Waals surface area (Å²) >= 11 is 0. The van der Waals surface area contributed by atoms with Crippen molar-refractivity contribution in [2.45, 2.75) is 51.2 Å². The average molecular weight is 310 g/mol. The van der Waals surface area contributed by atoms with Crippen molar-refractivity contribution in [2.75, 3.05) is 0 Å². The van der Waals surface area contributed by atoms with Crippen LogP contribution in [0.15, 0.2) is 0 Å². The first-order valence-electron chi connectivity index (χ1n) is 6.52. The zero-order chi connectivity index (χ0) is 15.9. The summed E-state index contributed by atoms with van der Waals surface area (Å²) < 4.78 is 31.6. The van der Waals surface area contributed by atoms with Crippen LogP contribution in [0.2, 0.25) is 0 Å². The molecule has 3 atom stereocenters. The summed E-state index contributed by atoms with van der Waals surface area (Å²) in [5.41, 5.74) is 0. The molecule has 0 aromatic rings. The van der Waals surface area contributed by atoms with Gasteiger partial charge in [-0.1, -0.05) is 19.8 Å². The minimum atomic E-state index is -4.36. The highest BCUT2D eigenvalue weighted by molar-refractivity contribution is 7.86. The maximum Gasteiger partial charge on any atom is 0.306 e. The van der Waals surface area contributed by atoms with Gasteiger partial charge in [0.2, 0.25) is 0 Å². The largest absolute Gasteiger partial charge is 0.481 e. The molecule has 0 saturated carbocycles. The Hall–Kier alpha value is -1.15. The van der Waals surface area contributed by atoms with Gasteiger partial charge >= 0.3 is 11.9 Å². The van der Waals surface area contributed by atoms with E-state index in [2.05, 4.69) is 0 Å². The van der Waals surface area contributed by atoms with E-state index in [0.717, 1.165) is 6.42 Å². The molecular formula is C12H22O7S. The minimum absolute atomic E-state index is 0.154. The Labute approximate surface area is 118 Å². The third kappa shape index (κ3) is 6.33. The Morgan fingerprint density at radius 1 is 1.15 bits per heavy atom. The topological polar surface area (TPSA) is 129 Å². The van der Waals surface area contributed by atoms with E-state index >= 15 is 0 Å². The van der Waals surface area contributed by atoms with Crippen molar-refractivity contribution in [3.8, 4) is 0 Å². The zero-order valence-corrected chi connectivity index (χ0v) is 12.5. The van der Waals surface area contributed by atoms with Crippen LogP contribution in [0.3, 0.4) is 0 Å². The number of carboxylic acid groups (broad SMARTS) is 2. The van der Waals surface area contributed by atoms with Crippen LogP contribution >= 0.6 is 0 Å². The summed E-state index contributed by atoms with van der Waals surface area (Å²) in [6, 6.07) is 0. The van der Waals surface area contributed by atoms with Crippen LogP contribution in [0, 0.1) is 11.8 Å². The fourth-order valence-corrected chi connectivity index (χ4v) is 2.99. The van der Waals surface area contributed by atoms with Crippen LogP contribution in [-0.2, 0) is 19.7 Å². The van der Waals surface area contributed by atoms with Gasteiger partial charge in [-0.3, -0.25) is 14.1 Å². The maximum absolute atomic E-state index is 11.3. The molecule has 0 rings (SSSR count). The van der Waals surface area contributed by atoms with Gasteiger partial charge in [0, 0.05) is 6.42 Å². The van der Waals surface area contributed by atoms with E-state index in [9.17, 15) is 23.1 Å². The number of hydrogen-bond donors (Lipinski definition) is 3. The molecule has 7 nitrogen and oxygen atoms in total. The molecule has 0 aliphatic heterocycles. The molecule has 8 heteroatoms. The molecule has 0 spiro atoms. The van der Waals surface area contributed by atoms with Crippen molar-refractivity contribution in [2.24, 2.45) is 11.8 Å². The van der Waals surface area contributed by atoms with Crippen LogP contribution in [0.1, 0.15) is 46.0 Å². The highest BCUT2D eigenvalue weighted by Crippen LogP contribution is 2.30. The zero-order valence-electron chi connectivity index (χ0n) is 11.7. The SMILES string of the molecule is CCCCC(C(CCC(=O)O)C(=O)O)C(C)S(=O)(=O)O. The quantitative estimate of drug-likeness (QED) is 0.523. The molecule has 0 saturated heterocycles. The predicted octanol–water partition coefficient (Wildman–Crippen LogP) is 1.63. The Kier molecular flexibility index (Phi) is 7.74. The lowest BCUT2D eigenvalue weighted by Gasteiger charge is -2.27. The molecular weight excluding hydrogens is 288 g/mol. The average Bonchev–Trinajstić information content (AvgIpc) is 2.30. The number of carbonyl (C=O) groups is 2. The molecule has 0 aliphatic carbocycles. The molecule has 0 bridgehead atoms. The van der Waals surface area contributed by atoms with Gasteiger partial charge in [-0.05, 0) is 25.7 Å². The molecule has 0 radical (unpaired) electrons. The predicted molar refractivity (Wildman–Crippen MR) is 72.0 cm³/mol. The smallest absolute Gasteiger partial charge is 0.306 e. The van der Waals surface area contributed by atoms with E-state index in [0.29, 0.717) is 12.8 Å². The van der Waals surface area contributed by atoms with E-state index in [1.807, 2.05) is 6.92 Å². The summed E-state index contributed by atoms with van der Waals surface area (Å²) in [5.74, 6) is -4.27. The summed E-state index contributed by atoms with van der Waals surface area (Å²) in [6.45, 7) is 3.13. The van der Waals surface area contributed by atoms with Crippen molar-refractivity contribution >= 4 is 22.1 Å². The van der Waals surface area contributed by atoms with Crippen molar-refractivity contribution in [3.63, 3.8) is 0 Å². The van der Waals surface area contributed by atoms with Crippen molar-refractivity contribution in [3.05, 3.63) is 0 Å². The number of carboxylic acids is 2. The van der Waals surface area contributed by atoms with Gasteiger partial charge in [0.25, 0.3) is 10.1 Å². The summed E-state index contributed by atoms with van der Waals surface area (Å²) in [7, 11) is -4.36. The molecule has 0 amide bonds. The Morgan fingerprint density at radius 3 is 2.05 bits per heavy atom. The molecule has 118 valence electrons. The number of rotatable bonds is 10. The Bertz CT molecular complexity index is 429. The van der Waals surface area contributed by atoms with Gasteiger partial charge in [0.1, 0.15) is 0 Å². The van der Waals surface area contributed by atoms with E-state index in [4.69, 9.17) is 9.66 Å². The van der Waals surface area contributed by atoms with E-state index in [1.54, 1.807) is 0 Å². The van der Waals surface area contributed by atoms with Crippen LogP contribution in [-0.4, -0.2) is 40.4 Å². The first-order valence-corrected chi connectivity index (χ1v) is 8.02. The van der Waals surface area contributed by atoms with Crippen LogP contribution in [0.4, 0.5) is 0 Å². The van der Waals surface area contributed by atoms with Crippen molar-refractivity contribution in [1.82, 2.24) is 0 Å². The van der Waals surface area contributed by atoms with Gasteiger partial charge in [0.05, 0.1) is 11.2 Å². The highest BCUT2D eigenvalue weighted by Gasteiger charge is 2.37. The lowest BCUT2D eigenvalue weighted by molar-refractivity contribution is -0.145. The van der Waals surface area contributed by atoms with E-state index in [-0.39, 0.29) is 12.8 Å². The Balaban J connectivity index is 5.20. The van der Waals surface area contributed by atoms with Gasteiger partial charge in [-0.15, -0.1) is 0 Å². The number of aliphatic carboxylic acids is 2. The normalized spacial score (nSPS) is 16.4. The van der Waals surface area contributed by atoms with Crippen molar-refractivity contribution < 1.29 is 32.8 Å².